The number of anilines is 1. The quantitative estimate of drug-likeness (QED) is 0.490. The Bertz CT molecular complexity index is 1170. The van der Waals surface area contributed by atoms with Crippen molar-refractivity contribution in [1.82, 2.24) is 19.5 Å². The van der Waals surface area contributed by atoms with Gasteiger partial charge >= 0.3 is 0 Å². The fourth-order valence-corrected chi connectivity index (χ4v) is 3.46. The molecule has 2 heterocycles. The van der Waals surface area contributed by atoms with E-state index in [2.05, 4.69) is 9.97 Å². The van der Waals surface area contributed by atoms with Crippen molar-refractivity contribution in [3.8, 4) is 17.3 Å². The molecular weight excluding hydrogens is 378 g/mol. The number of carbonyl (C=O) groups is 1. The molecular formula is C23H23N5O2. The fraction of sp³-hybridized carbons (Fsp3) is 0.217. The summed E-state index contributed by atoms with van der Waals surface area (Å²) < 4.78 is 7.30. The number of likely N-dealkylation sites (N-methyl/N-ethyl adjacent to an activating group) is 1. The van der Waals surface area contributed by atoms with Crippen LogP contribution in [-0.2, 0) is 11.3 Å². The zero-order valence-electron chi connectivity index (χ0n) is 17.2. The molecule has 0 aliphatic rings. The number of carbonyl (C=O) groups excluding carboxylic acids is 1. The molecule has 7 heteroatoms. The number of hydrogen-bond acceptors (Lipinski definition) is 5. The number of hydrogen-bond donors (Lipinski definition) is 0. The number of methoxy groups -OCH3 is 1. The number of aromatic nitrogens is 4. The largest absolute Gasteiger partial charge is 0.479 e. The normalized spacial score (nSPS) is 10.9. The van der Waals surface area contributed by atoms with Gasteiger partial charge in [-0.05, 0) is 26.0 Å². The molecule has 2 aromatic heterocycles. The number of para-hydroxylation sites is 1. The lowest BCUT2D eigenvalue weighted by molar-refractivity contribution is -0.119. The molecule has 0 aliphatic heterocycles. The molecule has 0 unspecified atom stereocenters. The third kappa shape index (κ3) is 3.61. The van der Waals surface area contributed by atoms with Crippen molar-refractivity contribution in [2.45, 2.75) is 20.4 Å². The highest BCUT2D eigenvalue weighted by molar-refractivity contribution is 5.94. The van der Waals surface area contributed by atoms with Gasteiger partial charge in [-0.3, -0.25) is 4.79 Å². The van der Waals surface area contributed by atoms with Crippen LogP contribution in [0.1, 0.15) is 12.7 Å². The molecule has 7 nitrogen and oxygen atoms in total. The molecule has 0 atom stereocenters. The first kappa shape index (κ1) is 19.6. The van der Waals surface area contributed by atoms with Crippen molar-refractivity contribution in [3.63, 3.8) is 0 Å². The first-order chi connectivity index (χ1) is 14.6. The van der Waals surface area contributed by atoms with Crippen LogP contribution in [0.4, 0.5) is 5.69 Å². The number of amides is 1. The first-order valence-electron chi connectivity index (χ1n) is 9.82. The topological polar surface area (TPSA) is 73.1 Å². The van der Waals surface area contributed by atoms with Crippen molar-refractivity contribution in [3.05, 3.63) is 66.5 Å². The average Bonchev–Trinajstić information content (AvgIpc) is 3.10. The van der Waals surface area contributed by atoms with Crippen LogP contribution in [0.15, 0.2) is 60.7 Å². The molecule has 0 aliphatic carbocycles. The van der Waals surface area contributed by atoms with Crippen molar-refractivity contribution in [2.24, 2.45) is 0 Å². The van der Waals surface area contributed by atoms with Crippen LogP contribution in [0.2, 0.25) is 0 Å². The maximum absolute atomic E-state index is 13.2. The summed E-state index contributed by atoms with van der Waals surface area (Å²) in [5, 5.41) is 0. The number of benzene rings is 2. The van der Waals surface area contributed by atoms with E-state index in [4.69, 9.17) is 9.72 Å². The van der Waals surface area contributed by atoms with E-state index in [-0.39, 0.29) is 12.5 Å². The van der Waals surface area contributed by atoms with Gasteiger partial charge in [0.15, 0.2) is 17.0 Å². The van der Waals surface area contributed by atoms with E-state index in [9.17, 15) is 4.79 Å². The molecule has 0 fully saturated rings. The summed E-state index contributed by atoms with van der Waals surface area (Å²) in [6.07, 6.45) is 0. The first-order valence-corrected chi connectivity index (χ1v) is 9.82. The standard InChI is InChI=1S/C23H23N5O2/c1-4-27(18-13-9-6-10-14-18)19(29)15-28-16(2)24-20-22(28)25-21(26-23(20)30-3)17-11-7-5-8-12-17/h5-14H,4,15H2,1-3H3. The number of ether oxygens (including phenoxy) is 1. The molecule has 0 bridgehead atoms. The van der Waals surface area contributed by atoms with Gasteiger partial charge in [-0.25, -0.2) is 9.97 Å². The third-order valence-corrected chi connectivity index (χ3v) is 4.96. The molecule has 0 radical (unpaired) electrons. The van der Waals surface area contributed by atoms with Gasteiger partial charge in [-0.2, -0.15) is 4.98 Å². The van der Waals surface area contributed by atoms with Crippen molar-refractivity contribution < 1.29 is 9.53 Å². The summed E-state index contributed by atoms with van der Waals surface area (Å²) in [7, 11) is 1.56. The highest BCUT2D eigenvalue weighted by atomic mass is 16.5. The Morgan fingerprint density at radius 2 is 1.67 bits per heavy atom. The third-order valence-electron chi connectivity index (χ3n) is 4.96. The number of imidazole rings is 1. The maximum Gasteiger partial charge on any atom is 0.247 e. The minimum atomic E-state index is -0.0371. The number of rotatable bonds is 6. The zero-order chi connectivity index (χ0) is 21.1. The van der Waals surface area contributed by atoms with Crippen LogP contribution in [0, 0.1) is 6.92 Å². The summed E-state index contributed by atoms with van der Waals surface area (Å²) in [4.78, 5) is 28.7. The predicted octanol–water partition coefficient (Wildman–Crippen LogP) is 3.86. The molecule has 0 spiro atoms. The molecule has 4 rings (SSSR count). The van der Waals surface area contributed by atoms with Gasteiger partial charge in [-0.1, -0.05) is 48.5 Å². The van der Waals surface area contributed by atoms with Crippen molar-refractivity contribution >= 4 is 22.8 Å². The van der Waals surface area contributed by atoms with Gasteiger partial charge in [0, 0.05) is 17.8 Å². The summed E-state index contributed by atoms with van der Waals surface area (Å²) in [5.74, 6) is 1.57. The Labute approximate surface area is 175 Å². The summed E-state index contributed by atoms with van der Waals surface area (Å²) >= 11 is 0. The van der Waals surface area contributed by atoms with Gasteiger partial charge in [0.2, 0.25) is 11.8 Å². The van der Waals surface area contributed by atoms with E-state index < -0.39 is 0 Å². The molecule has 1 amide bonds. The minimum absolute atomic E-state index is 0.0371. The highest BCUT2D eigenvalue weighted by Gasteiger charge is 2.21. The Kier molecular flexibility index (Phi) is 5.43. The second kappa shape index (κ2) is 8.32. The molecule has 0 N–H and O–H groups in total. The van der Waals surface area contributed by atoms with Crippen LogP contribution in [0.5, 0.6) is 5.88 Å². The lowest BCUT2D eigenvalue weighted by Crippen LogP contribution is -2.34. The Morgan fingerprint density at radius 1 is 1.00 bits per heavy atom. The van der Waals surface area contributed by atoms with Gasteiger partial charge in [0.1, 0.15) is 12.4 Å². The second-order valence-electron chi connectivity index (χ2n) is 6.81. The van der Waals surface area contributed by atoms with Crippen LogP contribution in [0.25, 0.3) is 22.6 Å². The predicted molar refractivity (Wildman–Crippen MR) is 117 cm³/mol. The van der Waals surface area contributed by atoms with E-state index in [1.165, 1.54) is 0 Å². The monoisotopic (exact) mass is 401 g/mol. The molecule has 4 aromatic rings. The minimum Gasteiger partial charge on any atom is -0.479 e. The Morgan fingerprint density at radius 3 is 2.30 bits per heavy atom. The maximum atomic E-state index is 13.2. The lowest BCUT2D eigenvalue weighted by Gasteiger charge is -2.21. The Hall–Kier alpha value is -3.74. The Balaban J connectivity index is 1.77. The van der Waals surface area contributed by atoms with Gasteiger partial charge in [0.25, 0.3) is 0 Å². The molecule has 152 valence electrons. The number of nitrogens with zero attached hydrogens (tertiary/aromatic N) is 5. The second-order valence-corrected chi connectivity index (χ2v) is 6.81. The summed E-state index contributed by atoms with van der Waals surface area (Å²) in [6.45, 7) is 4.51. The van der Waals surface area contributed by atoms with E-state index in [1.54, 1.807) is 12.0 Å². The number of fused-ring (bicyclic) bond motifs is 1. The van der Waals surface area contributed by atoms with Gasteiger partial charge in [0.05, 0.1) is 7.11 Å². The van der Waals surface area contributed by atoms with Gasteiger partial charge in [-0.15, -0.1) is 0 Å². The molecule has 30 heavy (non-hydrogen) atoms. The van der Waals surface area contributed by atoms with Crippen molar-refractivity contribution in [2.75, 3.05) is 18.6 Å². The molecule has 0 saturated carbocycles. The lowest BCUT2D eigenvalue weighted by atomic mass is 10.2. The molecule has 0 saturated heterocycles. The van der Waals surface area contributed by atoms with E-state index >= 15 is 0 Å². The zero-order valence-corrected chi connectivity index (χ0v) is 17.2. The van der Waals surface area contributed by atoms with Crippen LogP contribution < -0.4 is 9.64 Å². The highest BCUT2D eigenvalue weighted by Crippen LogP contribution is 2.27. The average molecular weight is 401 g/mol. The van der Waals surface area contributed by atoms with Crippen LogP contribution in [-0.4, -0.2) is 39.1 Å². The van der Waals surface area contributed by atoms with Crippen LogP contribution in [0.3, 0.4) is 0 Å². The number of aryl methyl sites for hydroxylation is 1. The van der Waals surface area contributed by atoms with Crippen molar-refractivity contribution in [1.29, 1.82) is 0 Å². The summed E-state index contributed by atoms with van der Waals surface area (Å²) in [6, 6.07) is 19.3. The van der Waals surface area contributed by atoms with Crippen LogP contribution >= 0.6 is 0 Å². The van der Waals surface area contributed by atoms with E-state index in [1.807, 2.05) is 79.1 Å². The SMILES string of the molecule is CCN(C(=O)Cn1c(C)nc2c(OC)nc(-c3ccccc3)nc21)c1ccccc1. The molecule has 2 aromatic carbocycles. The van der Waals surface area contributed by atoms with E-state index in [0.717, 1.165) is 11.3 Å². The van der Waals surface area contributed by atoms with Gasteiger partial charge < -0.3 is 14.2 Å². The fourth-order valence-electron chi connectivity index (χ4n) is 3.46. The van der Waals surface area contributed by atoms with E-state index in [0.29, 0.717) is 35.2 Å². The smallest absolute Gasteiger partial charge is 0.247 e. The summed E-state index contributed by atoms with van der Waals surface area (Å²) in [5.41, 5.74) is 2.86.